The minimum atomic E-state index is -1.79. The zero-order chi connectivity index (χ0) is 15.9. The first-order valence-corrected chi connectivity index (χ1v) is 10.7. The number of ketones is 1. The fourth-order valence-electron chi connectivity index (χ4n) is 5.29. The standard InChI is InChI=1S/C19H30OSi/c1-12(2)21(13(3)4,14(5)6)19-17(20)11-16-10-8-9-15(7)18(16)19/h8-10,12-14,19H,11H2,1-7H3. The van der Waals surface area contributed by atoms with E-state index in [9.17, 15) is 4.79 Å². The maximum atomic E-state index is 13.0. The number of rotatable bonds is 4. The molecule has 1 aromatic carbocycles. The largest absolute Gasteiger partial charge is 0.299 e. The fraction of sp³-hybridized carbons (Fsp3) is 0.632. The highest BCUT2D eigenvalue weighted by Gasteiger charge is 2.54. The molecule has 0 amide bonds. The molecule has 0 saturated heterocycles. The van der Waals surface area contributed by atoms with Crippen LogP contribution in [0.4, 0.5) is 0 Å². The van der Waals surface area contributed by atoms with Crippen LogP contribution in [0.15, 0.2) is 18.2 Å². The maximum absolute atomic E-state index is 13.0. The van der Waals surface area contributed by atoms with Crippen molar-refractivity contribution in [2.75, 3.05) is 0 Å². The van der Waals surface area contributed by atoms with Crippen LogP contribution < -0.4 is 0 Å². The topological polar surface area (TPSA) is 17.1 Å². The second-order valence-corrected chi connectivity index (χ2v) is 13.7. The van der Waals surface area contributed by atoms with Crippen molar-refractivity contribution in [3.63, 3.8) is 0 Å². The second kappa shape index (κ2) is 5.72. The zero-order valence-corrected chi connectivity index (χ0v) is 15.7. The molecule has 0 bridgehead atoms. The number of carbonyl (C=O) groups is 1. The number of carbonyl (C=O) groups excluding carboxylic acids is 1. The van der Waals surface area contributed by atoms with Gasteiger partial charge in [-0.2, -0.15) is 0 Å². The van der Waals surface area contributed by atoms with Crippen LogP contribution in [0.25, 0.3) is 0 Å². The Morgan fingerprint density at radius 3 is 2.00 bits per heavy atom. The molecule has 21 heavy (non-hydrogen) atoms. The number of fused-ring (bicyclic) bond motifs is 1. The lowest BCUT2D eigenvalue weighted by Crippen LogP contribution is -2.52. The van der Waals surface area contributed by atoms with E-state index in [-0.39, 0.29) is 5.54 Å². The monoisotopic (exact) mass is 302 g/mol. The molecule has 1 aromatic rings. The maximum Gasteiger partial charge on any atom is 0.142 e. The molecule has 0 aromatic heterocycles. The summed E-state index contributed by atoms with van der Waals surface area (Å²) in [6.45, 7) is 16.3. The highest BCUT2D eigenvalue weighted by atomic mass is 28.3. The molecule has 116 valence electrons. The smallest absolute Gasteiger partial charge is 0.142 e. The van der Waals surface area contributed by atoms with Gasteiger partial charge in [-0.1, -0.05) is 59.7 Å². The Kier molecular flexibility index (Phi) is 4.48. The van der Waals surface area contributed by atoms with E-state index in [2.05, 4.69) is 66.7 Å². The summed E-state index contributed by atoms with van der Waals surface area (Å²) in [4.78, 5) is 13.0. The quantitative estimate of drug-likeness (QED) is 0.678. The van der Waals surface area contributed by atoms with E-state index in [1.165, 1.54) is 16.7 Å². The van der Waals surface area contributed by atoms with Crippen LogP contribution in [0.3, 0.4) is 0 Å². The Balaban J connectivity index is 2.71. The summed E-state index contributed by atoms with van der Waals surface area (Å²) in [5.41, 5.74) is 6.08. The Labute approximate surface area is 131 Å². The van der Waals surface area contributed by atoms with Gasteiger partial charge in [0.25, 0.3) is 0 Å². The van der Waals surface area contributed by atoms with Crippen molar-refractivity contribution >= 4 is 13.9 Å². The van der Waals surface area contributed by atoms with Gasteiger partial charge in [0.2, 0.25) is 0 Å². The summed E-state index contributed by atoms with van der Waals surface area (Å²) in [7, 11) is -1.79. The fourth-order valence-corrected chi connectivity index (χ4v) is 12.9. The van der Waals surface area contributed by atoms with Gasteiger partial charge in [-0.25, -0.2) is 0 Å². The molecule has 1 aliphatic rings. The van der Waals surface area contributed by atoms with Crippen molar-refractivity contribution in [1.82, 2.24) is 0 Å². The van der Waals surface area contributed by atoms with Crippen LogP contribution in [-0.4, -0.2) is 13.9 Å². The summed E-state index contributed by atoms with van der Waals surface area (Å²) in [5, 5.41) is 0. The molecule has 0 saturated carbocycles. The van der Waals surface area contributed by atoms with E-state index >= 15 is 0 Å². The van der Waals surface area contributed by atoms with E-state index in [0.717, 1.165) is 0 Å². The third kappa shape index (κ3) is 2.32. The molecule has 0 N–H and O–H groups in total. The molecule has 0 fully saturated rings. The molecule has 1 unspecified atom stereocenters. The summed E-state index contributed by atoms with van der Waals surface area (Å²) in [6, 6.07) is 6.46. The number of aryl methyl sites for hydroxylation is 1. The molecule has 1 atom stereocenters. The van der Waals surface area contributed by atoms with Crippen molar-refractivity contribution in [1.29, 1.82) is 0 Å². The van der Waals surface area contributed by atoms with E-state index in [1.54, 1.807) is 0 Å². The molecule has 0 spiro atoms. The molecule has 2 rings (SSSR count). The Morgan fingerprint density at radius 1 is 1.00 bits per heavy atom. The first kappa shape index (κ1) is 16.5. The van der Waals surface area contributed by atoms with Crippen molar-refractivity contribution in [2.24, 2.45) is 0 Å². The molecule has 0 radical (unpaired) electrons. The van der Waals surface area contributed by atoms with Crippen LogP contribution in [0, 0.1) is 6.92 Å². The van der Waals surface area contributed by atoms with Crippen LogP contribution in [0.1, 0.15) is 63.8 Å². The van der Waals surface area contributed by atoms with E-state index in [0.29, 0.717) is 28.8 Å². The van der Waals surface area contributed by atoms with Gasteiger partial charge in [0.15, 0.2) is 0 Å². The van der Waals surface area contributed by atoms with E-state index in [1.807, 2.05) is 0 Å². The van der Waals surface area contributed by atoms with Crippen molar-refractivity contribution in [3.05, 3.63) is 34.9 Å². The van der Waals surface area contributed by atoms with Crippen LogP contribution in [-0.2, 0) is 11.2 Å². The van der Waals surface area contributed by atoms with Gasteiger partial charge in [0, 0.05) is 12.0 Å². The van der Waals surface area contributed by atoms with Crippen molar-refractivity contribution in [3.8, 4) is 0 Å². The lowest BCUT2D eigenvalue weighted by molar-refractivity contribution is -0.117. The van der Waals surface area contributed by atoms with Crippen LogP contribution in [0.5, 0.6) is 0 Å². The third-order valence-corrected chi connectivity index (χ3v) is 13.5. The minimum absolute atomic E-state index is 0.202. The lowest BCUT2D eigenvalue weighted by atomic mass is 10.0. The SMILES string of the molecule is Cc1cccc2c1C([Si](C(C)C)(C(C)C)C(C)C)C(=O)C2. The van der Waals surface area contributed by atoms with Gasteiger partial charge in [0.1, 0.15) is 5.78 Å². The molecule has 0 aliphatic heterocycles. The number of hydrogen-bond acceptors (Lipinski definition) is 1. The van der Waals surface area contributed by atoms with Gasteiger partial charge in [0.05, 0.1) is 8.07 Å². The molecule has 1 nitrogen and oxygen atoms in total. The normalized spacial score (nSPS) is 19.0. The molecular formula is C19H30OSi. The number of benzene rings is 1. The summed E-state index contributed by atoms with van der Waals surface area (Å²) >= 11 is 0. The summed E-state index contributed by atoms with van der Waals surface area (Å²) in [5.74, 6) is 0.488. The molecule has 2 heteroatoms. The third-order valence-electron chi connectivity index (χ3n) is 5.89. The van der Waals surface area contributed by atoms with Gasteiger partial charge in [-0.05, 0) is 40.2 Å². The molecular weight excluding hydrogens is 272 g/mol. The van der Waals surface area contributed by atoms with Crippen molar-refractivity contribution < 1.29 is 4.79 Å². The average molecular weight is 303 g/mol. The van der Waals surface area contributed by atoms with E-state index < -0.39 is 8.07 Å². The number of Topliss-reactive ketones (excluding diaryl/α,β-unsaturated/α-hetero) is 1. The first-order chi connectivity index (χ1) is 9.74. The van der Waals surface area contributed by atoms with Gasteiger partial charge in [-0.3, -0.25) is 4.79 Å². The van der Waals surface area contributed by atoms with E-state index in [4.69, 9.17) is 0 Å². The van der Waals surface area contributed by atoms with Crippen LogP contribution in [0.2, 0.25) is 16.6 Å². The Hall–Kier alpha value is -0.893. The van der Waals surface area contributed by atoms with Gasteiger partial charge < -0.3 is 0 Å². The highest BCUT2D eigenvalue weighted by Crippen LogP contribution is 2.53. The minimum Gasteiger partial charge on any atom is -0.299 e. The predicted octanol–water partition coefficient (Wildman–Crippen LogP) is 5.42. The summed E-state index contributed by atoms with van der Waals surface area (Å²) in [6.07, 6.45) is 0.655. The van der Waals surface area contributed by atoms with Gasteiger partial charge in [-0.15, -0.1) is 0 Å². The Morgan fingerprint density at radius 2 is 1.52 bits per heavy atom. The first-order valence-electron chi connectivity index (χ1n) is 8.35. The van der Waals surface area contributed by atoms with Gasteiger partial charge >= 0.3 is 0 Å². The lowest BCUT2D eigenvalue weighted by Gasteiger charge is -2.47. The second-order valence-electron chi connectivity index (χ2n) is 7.69. The average Bonchev–Trinajstić information content (AvgIpc) is 2.67. The van der Waals surface area contributed by atoms with Crippen molar-refractivity contribution in [2.45, 2.75) is 77.1 Å². The molecule has 1 aliphatic carbocycles. The number of hydrogen-bond donors (Lipinski definition) is 0. The highest BCUT2D eigenvalue weighted by molar-refractivity contribution is 6.87. The predicted molar refractivity (Wildman–Crippen MR) is 93.7 cm³/mol. The summed E-state index contributed by atoms with van der Waals surface area (Å²) < 4.78 is 0. The Bertz CT molecular complexity index is 521. The van der Waals surface area contributed by atoms with Crippen LogP contribution >= 0.6 is 0 Å². The molecule has 0 heterocycles. The zero-order valence-electron chi connectivity index (χ0n) is 14.7.